The lowest BCUT2D eigenvalue weighted by molar-refractivity contribution is -0.146. The quantitative estimate of drug-likeness (QED) is 0.850. The van der Waals surface area contributed by atoms with E-state index in [9.17, 15) is 9.59 Å². The van der Waals surface area contributed by atoms with Gasteiger partial charge in [-0.2, -0.15) is 0 Å². The Kier molecular flexibility index (Phi) is 5.79. The molecule has 1 saturated heterocycles. The van der Waals surface area contributed by atoms with E-state index in [4.69, 9.17) is 4.74 Å². The standard InChI is InChI=1S/C18H24N2O3S/c1-13(21)19-14-6-8-15(9-7-14)24-12-18(22)20-10-11-23-17-5-3-2-4-16(17)20/h6-9,16-17H,2-5,10-12H2,1H3,(H,19,21)/t16-,17-/m1/s1. The van der Waals surface area contributed by atoms with Crippen molar-refractivity contribution in [3.8, 4) is 0 Å². The molecule has 24 heavy (non-hydrogen) atoms. The third kappa shape index (κ3) is 4.30. The van der Waals surface area contributed by atoms with Gasteiger partial charge in [0.15, 0.2) is 0 Å². The first-order valence-corrected chi connectivity index (χ1v) is 9.53. The maximum atomic E-state index is 12.6. The van der Waals surface area contributed by atoms with Crippen molar-refractivity contribution in [3.05, 3.63) is 24.3 Å². The molecule has 5 nitrogen and oxygen atoms in total. The summed E-state index contributed by atoms with van der Waals surface area (Å²) >= 11 is 1.54. The van der Waals surface area contributed by atoms with Crippen molar-refractivity contribution in [1.82, 2.24) is 4.90 Å². The van der Waals surface area contributed by atoms with E-state index in [1.165, 1.54) is 19.8 Å². The normalized spacial score (nSPS) is 23.5. The lowest BCUT2D eigenvalue weighted by Gasteiger charge is -2.43. The molecule has 1 aromatic carbocycles. The minimum atomic E-state index is -0.0834. The van der Waals surface area contributed by atoms with Crippen LogP contribution in [-0.4, -0.2) is 47.8 Å². The van der Waals surface area contributed by atoms with E-state index in [0.29, 0.717) is 18.9 Å². The number of hydrogen-bond acceptors (Lipinski definition) is 4. The van der Waals surface area contributed by atoms with Gasteiger partial charge in [0.1, 0.15) is 0 Å². The lowest BCUT2D eigenvalue weighted by atomic mass is 9.90. The molecule has 2 amide bonds. The molecule has 6 heteroatoms. The van der Waals surface area contributed by atoms with Gasteiger partial charge in [-0.1, -0.05) is 12.8 Å². The van der Waals surface area contributed by atoms with Crippen LogP contribution in [0.4, 0.5) is 5.69 Å². The minimum Gasteiger partial charge on any atom is -0.374 e. The first-order valence-electron chi connectivity index (χ1n) is 8.55. The van der Waals surface area contributed by atoms with Crippen LogP contribution in [0.3, 0.4) is 0 Å². The second kappa shape index (κ2) is 8.03. The Labute approximate surface area is 147 Å². The Morgan fingerprint density at radius 3 is 2.75 bits per heavy atom. The lowest BCUT2D eigenvalue weighted by Crippen LogP contribution is -2.55. The number of rotatable bonds is 4. The van der Waals surface area contributed by atoms with Crippen LogP contribution in [0.25, 0.3) is 0 Å². The molecule has 1 saturated carbocycles. The van der Waals surface area contributed by atoms with Crippen LogP contribution in [-0.2, 0) is 14.3 Å². The van der Waals surface area contributed by atoms with E-state index < -0.39 is 0 Å². The predicted octanol–water partition coefficient (Wildman–Crippen LogP) is 2.91. The Bertz CT molecular complexity index is 588. The Morgan fingerprint density at radius 2 is 2.00 bits per heavy atom. The summed E-state index contributed by atoms with van der Waals surface area (Å²) in [5, 5.41) is 2.74. The van der Waals surface area contributed by atoms with Crippen LogP contribution in [0.15, 0.2) is 29.2 Å². The van der Waals surface area contributed by atoms with Gasteiger partial charge in [-0.3, -0.25) is 9.59 Å². The van der Waals surface area contributed by atoms with Crippen LogP contribution in [0, 0.1) is 0 Å². The number of carbonyl (C=O) groups excluding carboxylic acids is 2. The van der Waals surface area contributed by atoms with Crippen LogP contribution in [0.5, 0.6) is 0 Å². The maximum Gasteiger partial charge on any atom is 0.233 e. The maximum absolute atomic E-state index is 12.6. The number of benzene rings is 1. The highest BCUT2D eigenvalue weighted by molar-refractivity contribution is 8.00. The second-order valence-corrected chi connectivity index (χ2v) is 7.39. The van der Waals surface area contributed by atoms with Gasteiger partial charge in [0.2, 0.25) is 11.8 Å². The Balaban J connectivity index is 1.54. The van der Waals surface area contributed by atoms with E-state index in [0.717, 1.165) is 23.4 Å². The Morgan fingerprint density at radius 1 is 1.25 bits per heavy atom. The number of nitrogens with zero attached hydrogens (tertiary/aromatic N) is 1. The monoisotopic (exact) mass is 348 g/mol. The molecule has 2 atom stereocenters. The number of fused-ring (bicyclic) bond motifs is 1. The number of thioether (sulfide) groups is 1. The topological polar surface area (TPSA) is 58.6 Å². The highest BCUT2D eigenvalue weighted by atomic mass is 32.2. The van der Waals surface area contributed by atoms with Gasteiger partial charge < -0.3 is 15.0 Å². The van der Waals surface area contributed by atoms with Crippen molar-refractivity contribution in [3.63, 3.8) is 0 Å². The average Bonchev–Trinajstić information content (AvgIpc) is 2.60. The van der Waals surface area contributed by atoms with Crippen LogP contribution < -0.4 is 5.32 Å². The van der Waals surface area contributed by atoms with Crippen molar-refractivity contribution in [1.29, 1.82) is 0 Å². The molecule has 1 aromatic rings. The molecule has 3 rings (SSSR count). The fraction of sp³-hybridized carbons (Fsp3) is 0.556. The van der Waals surface area contributed by atoms with Gasteiger partial charge in [0, 0.05) is 24.1 Å². The molecule has 0 bridgehead atoms. The number of hydrogen-bond donors (Lipinski definition) is 1. The van der Waals surface area contributed by atoms with E-state index in [2.05, 4.69) is 5.32 Å². The first kappa shape index (κ1) is 17.3. The third-order valence-corrected chi connectivity index (χ3v) is 5.59. The number of nitrogens with one attached hydrogen (secondary N) is 1. The zero-order chi connectivity index (χ0) is 16.9. The fourth-order valence-corrected chi connectivity index (χ4v) is 4.26. The van der Waals surface area contributed by atoms with Crippen molar-refractivity contribution in [2.24, 2.45) is 0 Å². The van der Waals surface area contributed by atoms with Gasteiger partial charge in [-0.25, -0.2) is 0 Å². The highest BCUT2D eigenvalue weighted by Crippen LogP contribution is 2.29. The summed E-state index contributed by atoms with van der Waals surface area (Å²) in [6.45, 7) is 2.85. The SMILES string of the molecule is CC(=O)Nc1ccc(SCC(=O)N2CCO[C@@H]3CCCC[C@H]32)cc1. The molecular formula is C18H24N2O3S. The van der Waals surface area contributed by atoms with Crippen molar-refractivity contribution >= 4 is 29.3 Å². The first-order chi connectivity index (χ1) is 11.6. The molecule has 2 fully saturated rings. The summed E-state index contributed by atoms with van der Waals surface area (Å²) in [7, 11) is 0. The molecule has 1 N–H and O–H groups in total. The van der Waals surface area contributed by atoms with E-state index >= 15 is 0 Å². The molecular weight excluding hydrogens is 324 g/mol. The Hall–Kier alpha value is -1.53. The molecule has 0 spiro atoms. The van der Waals surface area contributed by atoms with E-state index in [-0.39, 0.29) is 24.0 Å². The minimum absolute atomic E-state index is 0.0834. The van der Waals surface area contributed by atoms with Crippen molar-refractivity contribution < 1.29 is 14.3 Å². The number of ether oxygens (including phenoxy) is 1. The largest absolute Gasteiger partial charge is 0.374 e. The van der Waals surface area contributed by atoms with Crippen LogP contribution >= 0.6 is 11.8 Å². The third-order valence-electron chi connectivity index (χ3n) is 4.59. The number of morpholine rings is 1. The second-order valence-electron chi connectivity index (χ2n) is 6.34. The average molecular weight is 348 g/mol. The van der Waals surface area contributed by atoms with Crippen LogP contribution in [0.1, 0.15) is 32.6 Å². The van der Waals surface area contributed by atoms with Gasteiger partial charge in [0.25, 0.3) is 0 Å². The molecule has 0 unspecified atom stereocenters. The van der Waals surface area contributed by atoms with Gasteiger partial charge >= 0.3 is 0 Å². The molecule has 130 valence electrons. The van der Waals surface area contributed by atoms with Gasteiger partial charge in [-0.05, 0) is 37.1 Å². The van der Waals surface area contributed by atoms with Gasteiger partial charge in [-0.15, -0.1) is 11.8 Å². The van der Waals surface area contributed by atoms with Crippen molar-refractivity contribution in [2.75, 3.05) is 24.2 Å². The fourth-order valence-electron chi connectivity index (χ4n) is 3.47. The number of amides is 2. The molecule has 2 aliphatic rings. The molecule has 0 radical (unpaired) electrons. The van der Waals surface area contributed by atoms with E-state index in [1.807, 2.05) is 29.2 Å². The summed E-state index contributed by atoms with van der Waals surface area (Å²) in [5.74, 6) is 0.564. The zero-order valence-electron chi connectivity index (χ0n) is 14.0. The molecule has 1 aliphatic heterocycles. The number of carbonyl (C=O) groups is 2. The molecule has 0 aromatic heterocycles. The summed E-state index contributed by atoms with van der Waals surface area (Å²) in [5.41, 5.74) is 0.774. The summed E-state index contributed by atoms with van der Waals surface area (Å²) < 4.78 is 5.83. The zero-order valence-corrected chi connectivity index (χ0v) is 14.8. The highest BCUT2D eigenvalue weighted by Gasteiger charge is 2.36. The predicted molar refractivity (Wildman–Crippen MR) is 95.2 cm³/mol. The van der Waals surface area contributed by atoms with Gasteiger partial charge in [0.05, 0.1) is 24.5 Å². The number of anilines is 1. The van der Waals surface area contributed by atoms with E-state index in [1.54, 1.807) is 11.8 Å². The van der Waals surface area contributed by atoms with Crippen molar-refractivity contribution in [2.45, 2.75) is 49.6 Å². The smallest absolute Gasteiger partial charge is 0.233 e. The summed E-state index contributed by atoms with van der Waals surface area (Å²) in [6.07, 6.45) is 4.77. The molecule has 1 heterocycles. The van der Waals surface area contributed by atoms with Crippen LogP contribution in [0.2, 0.25) is 0 Å². The summed E-state index contributed by atoms with van der Waals surface area (Å²) in [6, 6.07) is 7.86. The molecule has 1 aliphatic carbocycles. The summed E-state index contributed by atoms with van der Waals surface area (Å²) in [4.78, 5) is 26.7.